The Balaban J connectivity index is 1.42. The van der Waals surface area contributed by atoms with Gasteiger partial charge in [0.25, 0.3) is 11.1 Å². The third kappa shape index (κ3) is 5.03. The zero-order valence-corrected chi connectivity index (χ0v) is 18.2. The van der Waals surface area contributed by atoms with Crippen LogP contribution in [0.2, 0.25) is 0 Å². The highest BCUT2D eigenvalue weighted by Gasteiger charge is 2.09. The molecular weight excluding hydrogens is 460 g/mol. The number of thiocarbonyl (C=S) groups is 1. The highest BCUT2D eigenvalue weighted by atomic mass is 79.9. The topological polar surface area (TPSA) is 50.4 Å². The zero-order valence-electron chi connectivity index (χ0n) is 15.8. The van der Waals surface area contributed by atoms with Crippen molar-refractivity contribution >= 4 is 61.4 Å². The van der Waals surface area contributed by atoms with Crippen molar-refractivity contribution in [1.29, 1.82) is 0 Å². The number of hydrogen-bond acceptors (Lipinski definition) is 3. The molecule has 0 saturated heterocycles. The van der Waals surface area contributed by atoms with Gasteiger partial charge in [-0.3, -0.25) is 4.79 Å². The summed E-state index contributed by atoms with van der Waals surface area (Å²) in [5, 5.41) is 8.40. The van der Waals surface area contributed by atoms with Crippen molar-refractivity contribution in [3.05, 3.63) is 101 Å². The first-order chi connectivity index (χ1) is 14.6. The lowest BCUT2D eigenvalue weighted by atomic mass is 10.1. The number of benzene rings is 4. The predicted octanol–water partition coefficient (Wildman–Crippen LogP) is 6.63. The van der Waals surface area contributed by atoms with Crippen LogP contribution in [0.3, 0.4) is 0 Å². The van der Waals surface area contributed by atoms with Gasteiger partial charge in [0.1, 0.15) is 5.75 Å². The van der Waals surface area contributed by atoms with Gasteiger partial charge < -0.3 is 15.4 Å². The van der Waals surface area contributed by atoms with Crippen LogP contribution in [0.15, 0.2) is 95.5 Å². The number of amides is 1. The van der Waals surface area contributed by atoms with Gasteiger partial charge in [0.15, 0.2) is 0 Å². The first kappa shape index (κ1) is 20.1. The second-order valence-electron chi connectivity index (χ2n) is 6.57. The zero-order chi connectivity index (χ0) is 20.9. The molecule has 0 aromatic heterocycles. The Morgan fingerprint density at radius 1 is 0.767 bits per heavy atom. The van der Waals surface area contributed by atoms with Gasteiger partial charge in [0.05, 0.1) is 0 Å². The number of ether oxygens (including phenoxy) is 1. The molecule has 2 N–H and O–H groups in total. The average molecular weight is 477 g/mol. The van der Waals surface area contributed by atoms with Crippen LogP contribution in [-0.4, -0.2) is 11.1 Å². The molecule has 0 radical (unpaired) electrons. The molecule has 0 fully saturated rings. The van der Waals surface area contributed by atoms with E-state index in [0.717, 1.165) is 20.9 Å². The van der Waals surface area contributed by atoms with Gasteiger partial charge in [-0.25, -0.2) is 0 Å². The number of carbonyl (C=O) groups excluding carboxylic acids is 1. The summed E-state index contributed by atoms with van der Waals surface area (Å²) in [4.78, 5) is 12.5. The van der Waals surface area contributed by atoms with Crippen LogP contribution in [0.1, 0.15) is 10.4 Å². The number of anilines is 2. The summed E-state index contributed by atoms with van der Waals surface area (Å²) in [6.07, 6.45) is 0. The van der Waals surface area contributed by atoms with Crippen molar-refractivity contribution in [2.24, 2.45) is 0 Å². The summed E-state index contributed by atoms with van der Waals surface area (Å²) in [6.45, 7) is 0. The molecule has 4 aromatic carbocycles. The van der Waals surface area contributed by atoms with Gasteiger partial charge in [-0.05, 0) is 77.6 Å². The lowest BCUT2D eigenvalue weighted by Crippen LogP contribution is -2.17. The van der Waals surface area contributed by atoms with Crippen LogP contribution in [0.25, 0.3) is 10.8 Å². The summed E-state index contributed by atoms with van der Waals surface area (Å²) < 4.78 is 6.67. The van der Waals surface area contributed by atoms with E-state index >= 15 is 0 Å². The maximum Gasteiger partial charge on any atom is 0.266 e. The predicted molar refractivity (Wildman–Crippen MR) is 129 cm³/mol. The van der Waals surface area contributed by atoms with Crippen LogP contribution in [-0.2, 0) is 0 Å². The Labute approximate surface area is 188 Å². The molecule has 4 nitrogen and oxygen atoms in total. The summed E-state index contributed by atoms with van der Waals surface area (Å²) >= 11 is 8.71. The van der Waals surface area contributed by atoms with E-state index in [0.29, 0.717) is 17.0 Å². The van der Waals surface area contributed by atoms with E-state index in [1.807, 2.05) is 60.7 Å². The molecule has 4 aromatic rings. The molecule has 0 saturated carbocycles. The quantitative estimate of drug-likeness (QED) is 0.324. The Morgan fingerprint density at radius 3 is 2.30 bits per heavy atom. The number of nitrogens with one attached hydrogen (secondary N) is 2. The maximum absolute atomic E-state index is 12.5. The number of carbonyl (C=O) groups is 1. The monoisotopic (exact) mass is 476 g/mol. The Bertz CT molecular complexity index is 1230. The molecule has 0 atom stereocenters. The third-order valence-corrected chi connectivity index (χ3v) is 5.12. The van der Waals surface area contributed by atoms with Crippen LogP contribution in [0.5, 0.6) is 5.75 Å². The molecule has 0 heterocycles. The lowest BCUT2D eigenvalue weighted by Gasteiger charge is -2.11. The van der Waals surface area contributed by atoms with Gasteiger partial charge in [0, 0.05) is 21.4 Å². The molecule has 6 heteroatoms. The molecule has 0 unspecified atom stereocenters. The van der Waals surface area contributed by atoms with E-state index in [-0.39, 0.29) is 11.1 Å². The summed E-state index contributed by atoms with van der Waals surface area (Å²) in [5.74, 6) is 0.257. The normalized spacial score (nSPS) is 10.4. The van der Waals surface area contributed by atoms with Gasteiger partial charge in [-0.2, -0.15) is 0 Å². The minimum Gasteiger partial charge on any atom is -0.432 e. The molecule has 0 spiro atoms. The number of halogens is 1. The van der Waals surface area contributed by atoms with Crippen molar-refractivity contribution in [2.45, 2.75) is 0 Å². The Hall–Kier alpha value is -3.22. The molecule has 148 valence electrons. The fourth-order valence-electron chi connectivity index (χ4n) is 2.95. The molecule has 0 aliphatic rings. The first-order valence-corrected chi connectivity index (χ1v) is 10.4. The second-order valence-corrected chi connectivity index (χ2v) is 7.85. The number of fused-ring (bicyclic) bond motifs is 1. The lowest BCUT2D eigenvalue weighted by molar-refractivity contribution is 0.102. The minimum absolute atomic E-state index is 0.204. The first-order valence-electron chi connectivity index (χ1n) is 9.21. The standard InChI is InChI=1S/C24H17BrN2O2S/c25-19-9-12-20(13-10-19)26-23(28)18-6-3-7-22(15-18)29-24(30)27-21-11-8-16-4-1-2-5-17(16)14-21/h1-15H,(H,26,28)(H,27,30). The number of hydrogen-bond donors (Lipinski definition) is 2. The van der Waals surface area contributed by atoms with Gasteiger partial charge in [-0.1, -0.05) is 52.3 Å². The highest BCUT2D eigenvalue weighted by Crippen LogP contribution is 2.21. The van der Waals surface area contributed by atoms with Crippen LogP contribution < -0.4 is 15.4 Å². The largest absolute Gasteiger partial charge is 0.432 e. The van der Waals surface area contributed by atoms with Crippen molar-refractivity contribution in [1.82, 2.24) is 0 Å². The average Bonchev–Trinajstić information content (AvgIpc) is 2.75. The van der Waals surface area contributed by atoms with Crippen molar-refractivity contribution in [3.63, 3.8) is 0 Å². The molecule has 0 bridgehead atoms. The van der Waals surface area contributed by atoms with Crippen molar-refractivity contribution in [3.8, 4) is 5.75 Å². The van der Waals surface area contributed by atoms with Gasteiger partial charge in [-0.15, -0.1) is 0 Å². The SMILES string of the molecule is O=C(Nc1ccc(Br)cc1)c1cccc(OC(=S)Nc2ccc3ccccc3c2)c1. The molecule has 1 amide bonds. The van der Waals surface area contributed by atoms with Gasteiger partial charge in [0.2, 0.25) is 0 Å². The van der Waals surface area contributed by atoms with Crippen LogP contribution in [0, 0.1) is 0 Å². The maximum atomic E-state index is 12.5. The van der Waals surface area contributed by atoms with E-state index in [9.17, 15) is 4.79 Å². The molecular formula is C24H17BrN2O2S. The summed E-state index contributed by atoms with van der Waals surface area (Å²) in [6, 6.07) is 28.3. The molecule has 30 heavy (non-hydrogen) atoms. The molecule has 0 aliphatic heterocycles. The molecule has 0 aliphatic carbocycles. The van der Waals surface area contributed by atoms with Gasteiger partial charge >= 0.3 is 0 Å². The molecule has 4 rings (SSSR count). The fraction of sp³-hybridized carbons (Fsp3) is 0. The second kappa shape index (κ2) is 9.07. The van der Waals surface area contributed by atoms with E-state index in [1.54, 1.807) is 24.3 Å². The fourth-order valence-corrected chi connectivity index (χ4v) is 3.43. The third-order valence-electron chi connectivity index (χ3n) is 4.40. The van der Waals surface area contributed by atoms with E-state index in [2.05, 4.69) is 32.6 Å². The van der Waals surface area contributed by atoms with Crippen LogP contribution >= 0.6 is 28.1 Å². The van der Waals surface area contributed by atoms with Crippen molar-refractivity contribution < 1.29 is 9.53 Å². The smallest absolute Gasteiger partial charge is 0.266 e. The Kier molecular flexibility index (Phi) is 6.07. The van der Waals surface area contributed by atoms with E-state index < -0.39 is 0 Å². The van der Waals surface area contributed by atoms with E-state index in [1.165, 1.54) is 0 Å². The van der Waals surface area contributed by atoms with E-state index in [4.69, 9.17) is 17.0 Å². The summed E-state index contributed by atoms with van der Waals surface area (Å²) in [5.41, 5.74) is 2.02. The number of rotatable bonds is 4. The Morgan fingerprint density at radius 2 is 1.50 bits per heavy atom. The van der Waals surface area contributed by atoms with Crippen molar-refractivity contribution in [2.75, 3.05) is 10.6 Å². The van der Waals surface area contributed by atoms with Crippen LogP contribution in [0.4, 0.5) is 11.4 Å². The minimum atomic E-state index is -0.226. The summed E-state index contributed by atoms with van der Waals surface area (Å²) in [7, 11) is 0. The highest BCUT2D eigenvalue weighted by molar-refractivity contribution is 9.10.